The number of hydrogen-bond acceptors (Lipinski definition) is 4. The van der Waals surface area contributed by atoms with Gasteiger partial charge in [-0.25, -0.2) is 13.5 Å². The minimum absolute atomic E-state index is 0.0859. The van der Waals surface area contributed by atoms with Crippen molar-refractivity contribution in [2.75, 3.05) is 0 Å². The number of nitrogens with one attached hydrogen (secondary N) is 1. The molecule has 6 nitrogen and oxygen atoms in total. The smallest absolute Gasteiger partial charge is 0.284 e. The maximum Gasteiger partial charge on any atom is 0.284 e. The summed E-state index contributed by atoms with van der Waals surface area (Å²) in [6.07, 6.45) is 1.42. The fourth-order valence-corrected chi connectivity index (χ4v) is 2.63. The molecule has 4 rings (SSSR count). The molecule has 8 heteroatoms. The molecule has 0 radical (unpaired) electrons. The molecule has 26 heavy (non-hydrogen) atoms. The van der Waals surface area contributed by atoms with Crippen LogP contribution in [-0.2, 0) is 0 Å². The van der Waals surface area contributed by atoms with Crippen LogP contribution in [0.25, 0.3) is 28.5 Å². The Balaban J connectivity index is 1.77. The van der Waals surface area contributed by atoms with Crippen molar-refractivity contribution in [1.29, 1.82) is 0 Å². The summed E-state index contributed by atoms with van der Waals surface area (Å²) in [5.41, 5.74) is 1.17. The van der Waals surface area contributed by atoms with Crippen LogP contribution < -0.4 is 5.56 Å². The minimum atomic E-state index is -0.690. The van der Waals surface area contributed by atoms with Gasteiger partial charge in [-0.2, -0.15) is 4.98 Å². The number of hydrogen-bond donors (Lipinski definition) is 1. The van der Waals surface area contributed by atoms with Crippen molar-refractivity contribution >= 4 is 0 Å². The third kappa shape index (κ3) is 2.61. The molecule has 0 aliphatic heterocycles. The average molecular weight is 354 g/mol. The van der Waals surface area contributed by atoms with Gasteiger partial charge < -0.3 is 4.52 Å². The SMILES string of the molecule is Cc1ccccc1-n1[nH]cc(-c2nc(-c3cc(F)ccc3F)no2)c1=O. The van der Waals surface area contributed by atoms with E-state index in [0.29, 0.717) is 5.69 Å². The minimum Gasteiger partial charge on any atom is -0.333 e. The predicted octanol–water partition coefficient (Wildman–Crippen LogP) is 3.47. The monoisotopic (exact) mass is 354 g/mol. The third-order valence-electron chi connectivity index (χ3n) is 3.95. The summed E-state index contributed by atoms with van der Waals surface area (Å²) in [5.74, 6) is -1.54. The van der Waals surface area contributed by atoms with Crippen LogP contribution in [-0.4, -0.2) is 19.9 Å². The Morgan fingerprint density at radius 1 is 1.12 bits per heavy atom. The number of aromatic nitrogens is 4. The topological polar surface area (TPSA) is 76.7 Å². The number of benzene rings is 2. The summed E-state index contributed by atoms with van der Waals surface area (Å²) in [4.78, 5) is 16.7. The van der Waals surface area contributed by atoms with Gasteiger partial charge in [0.25, 0.3) is 11.4 Å². The zero-order valence-corrected chi connectivity index (χ0v) is 13.5. The van der Waals surface area contributed by atoms with Gasteiger partial charge in [-0.3, -0.25) is 9.89 Å². The number of rotatable bonds is 3. The van der Waals surface area contributed by atoms with Crippen LogP contribution in [0.5, 0.6) is 0 Å². The fraction of sp³-hybridized carbons (Fsp3) is 0.0556. The first kappa shape index (κ1) is 15.9. The number of aryl methyl sites for hydroxylation is 1. The van der Waals surface area contributed by atoms with Crippen LogP contribution in [0.4, 0.5) is 8.78 Å². The molecular weight excluding hydrogens is 342 g/mol. The van der Waals surface area contributed by atoms with Crippen LogP contribution in [0.1, 0.15) is 5.56 Å². The molecule has 0 bridgehead atoms. The lowest BCUT2D eigenvalue weighted by Crippen LogP contribution is -2.16. The van der Waals surface area contributed by atoms with Gasteiger partial charge in [0.15, 0.2) is 0 Å². The first-order valence-corrected chi connectivity index (χ1v) is 7.70. The van der Waals surface area contributed by atoms with Crippen molar-refractivity contribution in [2.24, 2.45) is 0 Å². The summed E-state index contributed by atoms with van der Waals surface area (Å²) in [5, 5.41) is 6.49. The summed E-state index contributed by atoms with van der Waals surface area (Å²) in [7, 11) is 0. The summed E-state index contributed by atoms with van der Waals surface area (Å²) < 4.78 is 33.6. The summed E-state index contributed by atoms with van der Waals surface area (Å²) in [6, 6.07) is 10.3. The zero-order valence-electron chi connectivity index (χ0n) is 13.5. The lowest BCUT2D eigenvalue weighted by molar-refractivity contribution is 0.431. The van der Waals surface area contributed by atoms with E-state index in [9.17, 15) is 13.6 Å². The molecule has 0 unspecified atom stereocenters. The summed E-state index contributed by atoms with van der Waals surface area (Å²) in [6.45, 7) is 1.87. The van der Waals surface area contributed by atoms with Crippen LogP contribution in [0, 0.1) is 18.6 Å². The lowest BCUT2D eigenvalue weighted by Gasteiger charge is -2.04. The van der Waals surface area contributed by atoms with E-state index in [1.807, 2.05) is 25.1 Å². The Morgan fingerprint density at radius 3 is 2.73 bits per heavy atom. The van der Waals surface area contributed by atoms with Gasteiger partial charge in [-0.15, -0.1) is 0 Å². The quantitative estimate of drug-likeness (QED) is 0.611. The average Bonchev–Trinajstić information content (AvgIpc) is 3.24. The van der Waals surface area contributed by atoms with Crippen molar-refractivity contribution in [3.05, 3.63) is 76.2 Å². The van der Waals surface area contributed by atoms with Crippen LogP contribution in [0.2, 0.25) is 0 Å². The summed E-state index contributed by atoms with van der Waals surface area (Å²) >= 11 is 0. The van der Waals surface area contributed by atoms with Gasteiger partial charge in [0.05, 0.1) is 11.3 Å². The molecule has 0 aliphatic rings. The van der Waals surface area contributed by atoms with Crippen molar-refractivity contribution < 1.29 is 13.3 Å². The molecule has 2 aromatic heterocycles. The maximum absolute atomic E-state index is 13.9. The van der Waals surface area contributed by atoms with Gasteiger partial charge in [0.1, 0.15) is 17.2 Å². The van der Waals surface area contributed by atoms with Gasteiger partial charge >= 0.3 is 0 Å². The van der Waals surface area contributed by atoms with E-state index in [2.05, 4.69) is 15.2 Å². The molecule has 2 heterocycles. The van der Waals surface area contributed by atoms with Gasteiger partial charge in [0, 0.05) is 6.20 Å². The molecule has 0 fully saturated rings. The van der Waals surface area contributed by atoms with Crippen molar-refractivity contribution in [3.63, 3.8) is 0 Å². The van der Waals surface area contributed by atoms with E-state index in [0.717, 1.165) is 23.8 Å². The largest absolute Gasteiger partial charge is 0.333 e. The lowest BCUT2D eigenvalue weighted by atomic mass is 10.2. The number of H-pyrrole nitrogens is 1. The van der Waals surface area contributed by atoms with Gasteiger partial charge in [-0.05, 0) is 36.8 Å². The highest BCUT2D eigenvalue weighted by molar-refractivity contribution is 5.60. The molecule has 0 spiro atoms. The van der Waals surface area contributed by atoms with Crippen LogP contribution >= 0.6 is 0 Å². The second-order valence-electron chi connectivity index (χ2n) is 5.66. The van der Waals surface area contributed by atoms with E-state index < -0.39 is 17.2 Å². The third-order valence-corrected chi connectivity index (χ3v) is 3.95. The molecule has 1 N–H and O–H groups in total. The first-order chi connectivity index (χ1) is 12.5. The Morgan fingerprint density at radius 2 is 1.92 bits per heavy atom. The predicted molar refractivity (Wildman–Crippen MR) is 89.8 cm³/mol. The molecule has 130 valence electrons. The fourth-order valence-electron chi connectivity index (χ4n) is 2.63. The molecule has 4 aromatic rings. The zero-order chi connectivity index (χ0) is 18.3. The number of nitrogens with zero attached hydrogens (tertiary/aromatic N) is 3. The molecule has 0 saturated heterocycles. The van der Waals surface area contributed by atoms with E-state index in [1.165, 1.54) is 10.9 Å². The second kappa shape index (κ2) is 6.07. The molecule has 0 aliphatic carbocycles. The Bertz CT molecular complexity index is 1160. The molecule has 2 aromatic carbocycles. The molecular formula is C18H12F2N4O2. The van der Waals surface area contributed by atoms with Crippen molar-refractivity contribution in [2.45, 2.75) is 6.92 Å². The molecule has 0 atom stereocenters. The highest BCUT2D eigenvalue weighted by Crippen LogP contribution is 2.24. The number of halogens is 2. The Kier molecular flexibility index (Phi) is 3.72. The number of para-hydroxylation sites is 1. The van der Waals surface area contributed by atoms with Crippen molar-refractivity contribution in [3.8, 4) is 28.5 Å². The van der Waals surface area contributed by atoms with E-state index in [1.54, 1.807) is 6.07 Å². The van der Waals surface area contributed by atoms with Gasteiger partial charge in [0.2, 0.25) is 5.82 Å². The Labute approximate surface area is 145 Å². The standard InChI is InChI=1S/C18H12F2N4O2/c1-10-4-2-3-5-15(10)24-18(25)13(9-21-24)17-22-16(23-26-17)12-8-11(19)6-7-14(12)20/h2-9,21H,1H3. The van der Waals surface area contributed by atoms with E-state index in [-0.39, 0.29) is 22.8 Å². The second-order valence-corrected chi connectivity index (χ2v) is 5.66. The first-order valence-electron chi connectivity index (χ1n) is 7.70. The maximum atomic E-state index is 13.9. The highest BCUT2D eigenvalue weighted by Gasteiger charge is 2.19. The molecule has 0 saturated carbocycles. The normalized spacial score (nSPS) is 11.0. The van der Waals surface area contributed by atoms with Crippen molar-refractivity contribution in [1.82, 2.24) is 19.9 Å². The Hall–Kier alpha value is -3.55. The number of aromatic amines is 1. The van der Waals surface area contributed by atoms with E-state index in [4.69, 9.17) is 4.52 Å². The van der Waals surface area contributed by atoms with Crippen LogP contribution in [0.3, 0.4) is 0 Å². The van der Waals surface area contributed by atoms with Crippen LogP contribution in [0.15, 0.2) is 58.0 Å². The van der Waals surface area contributed by atoms with E-state index >= 15 is 0 Å². The highest BCUT2D eigenvalue weighted by atomic mass is 19.1. The molecule has 0 amide bonds. The van der Waals surface area contributed by atoms with Gasteiger partial charge in [-0.1, -0.05) is 23.4 Å².